The summed E-state index contributed by atoms with van der Waals surface area (Å²) in [5.41, 5.74) is 2.65. The first kappa shape index (κ1) is 20.6. The highest BCUT2D eigenvalue weighted by molar-refractivity contribution is 14.0. The second kappa shape index (κ2) is 9.76. The van der Waals surface area contributed by atoms with Crippen LogP contribution in [0.3, 0.4) is 0 Å². The normalized spacial score (nSPS) is 19.0. The Bertz CT molecular complexity index is 515. The number of aryl methyl sites for hydroxylation is 1. The fourth-order valence-corrected chi connectivity index (χ4v) is 2.86. The monoisotopic (exact) mass is 451 g/mol. The van der Waals surface area contributed by atoms with Crippen LogP contribution >= 0.6 is 35.7 Å². The molecule has 0 radical (unpaired) electrons. The van der Waals surface area contributed by atoms with E-state index in [1.807, 2.05) is 18.8 Å². The highest BCUT2D eigenvalue weighted by atomic mass is 127. The first-order chi connectivity index (χ1) is 10.5. The number of nitrogens with zero attached hydrogens (tertiary/aromatic N) is 3. The van der Waals surface area contributed by atoms with Crippen LogP contribution in [0.15, 0.2) is 11.2 Å². The smallest absolute Gasteiger partial charge is 0.191 e. The van der Waals surface area contributed by atoms with Crippen LogP contribution in [0, 0.1) is 0 Å². The molecule has 1 aliphatic rings. The van der Waals surface area contributed by atoms with Gasteiger partial charge in [0.1, 0.15) is 0 Å². The van der Waals surface area contributed by atoms with E-state index in [0.717, 1.165) is 31.8 Å². The van der Waals surface area contributed by atoms with Crippen LogP contribution in [0.1, 0.15) is 44.5 Å². The van der Waals surface area contributed by atoms with Gasteiger partial charge < -0.3 is 10.6 Å². The van der Waals surface area contributed by atoms with Crippen LogP contribution in [0.2, 0.25) is 0 Å². The molecule has 0 spiro atoms. The standard InChI is InChI=1S/C16H29N5S.HI/c1-11(2)21-10-13-6-7-14(8-15(13)20-21)19-16(17-4)18-9-12(3)22-5;/h10-12,14H,6-9H2,1-5H3,(H2,17,18,19);1H. The lowest BCUT2D eigenvalue weighted by Gasteiger charge is -2.25. The Morgan fingerprint density at radius 2 is 2.22 bits per heavy atom. The van der Waals surface area contributed by atoms with Crippen LogP contribution in [0.25, 0.3) is 0 Å². The van der Waals surface area contributed by atoms with E-state index in [4.69, 9.17) is 5.10 Å². The third-order valence-electron chi connectivity index (χ3n) is 4.15. The fourth-order valence-electron chi connectivity index (χ4n) is 2.61. The maximum absolute atomic E-state index is 4.73. The predicted octanol–water partition coefficient (Wildman–Crippen LogP) is 2.86. The molecular weight excluding hydrogens is 421 g/mol. The number of halogens is 1. The SMILES string of the molecule is CN=C(NCC(C)SC)NC1CCc2cn(C(C)C)nc2C1.I. The van der Waals surface area contributed by atoms with E-state index in [1.54, 1.807) is 0 Å². The van der Waals surface area contributed by atoms with Gasteiger partial charge >= 0.3 is 0 Å². The average Bonchev–Trinajstić information content (AvgIpc) is 2.94. The number of aliphatic imine (C=N–C) groups is 1. The Kier molecular flexibility index (Phi) is 8.74. The van der Waals surface area contributed by atoms with Gasteiger partial charge in [0.05, 0.1) is 5.69 Å². The van der Waals surface area contributed by atoms with Gasteiger partial charge in [0.2, 0.25) is 0 Å². The summed E-state index contributed by atoms with van der Waals surface area (Å²) in [5.74, 6) is 0.901. The number of aromatic nitrogens is 2. The van der Waals surface area contributed by atoms with E-state index in [1.165, 1.54) is 11.3 Å². The van der Waals surface area contributed by atoms with Gasteiger partial charge in [-0.25, -0.2) is 0 Å². The molecule has 0 amide bonds. The predicted molar refractivity (Wildman–Crippen MR) is 111 cm³/mol. The van der Waals surface area contributed by atoms with Crippen LogP contribution in [-0.4, -0.2) is 46.9 Å². The Morgan fingerprint density at radius 1 is 1.48 bits per heavy atom. The molecule has 0 aromatic carbocycles. The van der Waals surface area contributed by atoms with E-state index in [9.17, 15) is 0 Å². The van der Waals surface area contributed by atoms with Crippen molar-refractivity contribution >= 4 is 41.7 Å². The number of thioether (sulfide) groups is 1. The lowest BCUT2D eigenvalue weighted by molar-refractivity contribution is 0.499. The zero-order valence-corrected chi connectivity index (χ0v) is 17.9. The zero-order valence-electron chi connectivity index (χ0n) is 14.8. The lowest BCUT2D eigenvalue weighted by atomic mass is 9.94. The van der Waals surface area contributed by atoms with Gasteiger partial charge in [0.25, 0.3) is 0 Å². The minimum Gasteiger partial charge on any atom is -0.355 e. The van der Waals surface area contributed by atoms with E-state index in [-0.39, 0.29) is 24.0 Å². The summed E-state index contributed by atoms with van der Waals surface area (Å²) in [6, 6.07) is 0.846. The summed E-state index contributed by atoms with van der Waals surface area (Å²) >= 11 is 1.86. The third-order valence-corrected chi connectivity index (χ3v) is 5.12. The first-order valence-corrected chi connectivity index (χ1v) is 9.39. The van der Waals surface area contributed by atoms with Gasteiger partial charge in [-0.3, -0.25) is 9.67 Å². The molecule has 1 aromatic rings. The number of guanidine groups is 1. The Balaban J connectivity index is 0.00000264. The van der Waals surface area contributed by atoms with Crippen molar-refractivity contribution in [1.29, 1.82) is 0 Å². The van der Waals surface area contributed by atoms with Crippen molar-refractivity contribution in [2.24, 2.45) is 4.99 Å². The third kappa shape index (κ3) is 5.85. The highest BCUT2D eigenvalue weighted by Crippen LogP contribution is 2.21. The quantitative estimate of drug-likeness (QED) is 0.411. The van der Waals surface area contributed by atoms with Gasteiger partial charge in [-0.05, 0) is 38.5 Å². The molecule has 0 saturated carbocycles. The average molecular weight is 451 g/mol. The molecule has 2 atom stereocenters. The van der Waals surface area contributed by atoms with Crippen molar-refractivity contribution in [1.82, 2.24) is 20.4 Å². The number of nitrogens with one attached hydrogen (secondary N) is 2. The molecule has 5 nitrogen and oxygen atoms in total. The minimum absolute atomic E-state index is 0. The van der Waals surface area contributed by atoms with Gasteiger partial charge in [-0.1, -0.05) is 6.92 Å². The largest absolute Gasteiger partial charge is 0.355 e. The van der Waals surface area contributed by atoms with Crippen molar-refractivity contribution in [2.75, 3.05) is 19.8 Å². The van der Waals surface area contributed by atoms with Gasteiger partial charge in [0, 0.05) is 43.5 Å². The number of hydrogen-bond donors (Lipinski definition) is 2. The van der Waals surface area contributed by atoms with Crippen LogP contribution in [0.4, 0.5) is 0 Å². The van der Waals surface area contributed by atoms with E-state index < -0.39 is 0 Å². The molecule has 0 bridgehead atoms. The molecular formula is C16H30IN5S. The molecule has 2 N–H and O–H groups in total. The molecule has 0 aliphatic heterocycles. The number of hydrogen-bond acceptors (Lipinski definition) is 3. The van der Waals surface area contributed by atoms with E-state index in [0.29, 0.717) is 17.3 Å². The Morgan fingerprint density at radius 3 is 2.83 bits per heavy atom. The minimum atomic E-state index is 0. The fraction of sp³-hybridized carbons (Fsp3) is 0.750. The number of fused-ring (bicyclic) bond motifs is 1. The second-order valence-corrected chi connectivity index (χ2v) is 7.53. The highest BCUT2D eigenvalue weighted by Gasteiger charge is 2.23. The molecule has 7 heteroatoms. The summed E-state index contributed by atoms with van der Waals surface area (Å²) in [6.45, 7) is 7.50. The molecule has 132 valence electrons. The van der Waals surface area contributed by atoms with E-state index >= 15 is 0 Å². The summed E-state index contributed by atoms with van der Waals surface area (Å²) < 4.78 is 2.08. The first-order valence-electron chi connectivity index (χ1n) is 8.10. The van der Waals surface area contributed by atoms with Crippen molar-refractivity contribution in [2.45, 2.75) is 57.4 Å². The van der Waals surface area contributed by atoms with Gasteiger partial charge in [-0.15, -0.1) is 24.0 Å². The van der Waals surface area contributed by atoms with Crippen LogP contribution in [-0.2, 0) is 12.8 Å². The molecule has 0 fully saturated rings. The van der Waals surface area contributed by atoms with Crippen molar-refractivity contribution in [3.8, 4) is 0 Å². The summed E-state index contributed by atoms with van der Waals surface area (Å²) in [5, 5.41) is 12.3. The summed E-state index contributed by atoms with van der Waals surface area (Å²) in [4.78, 5) is 4.34. The maximum Gasteiger partial charge on any atom is 0.191 e. The molecule has 2 rings (SSSR count). The lowest BCUT2D eigenvalue weighted by Crippen LogP contribution is -2.46. The summed E-state index contributed by atoms with van der Waals surface area (Å²) in [6.07, 6.45) is 7.56. The molecule has 1 aliphatic carbocycles. The number of rotatable bonds is 5. The maximum atomic E-state index is 4.73. The molecule has 23 heavy (non-hydrogen) atoms. The molecule has 1 aromatic heterocycles. The van der Waals surface area contributed by atoms with E-state index in [2.05, 4.69) is 53.5 Å². The molecule has 2 unspecified atom stereocenters. The van der Waals surface area contributed by atoms with Crippen LogP contribution < -0.4 is 10.6 Å². The Labute approximate surface area is 161 Å². The second-order valence-electron chi connectivity index (χ2n) is 6.26. The molecule has 1 heterocycles. The van der Waals surface area contributed by atoms with Crippen molar-refractivity contribution in [3.63, 3.8) is 0 Å². The van der Waals surface area contributed by atoms with Crippen molar-refractivity contribution < 1.29 is 0 Å². The Hall–Kier alpha value is -0.440. The van der Waals surface area contributed by atoms with Gasteiger partial charge in [-0.2, -0.15) is 16.9 Å². The van der Waals surface area contributed by atoms with Crippen LogP contribution in [0.5, 0.6) is 0 Å². The van der Waals surface area contributed by atoms with Gasteiger partial charge in [0.15, 0.2) is 5.96 Å². The molecule has 0 saturated heterocycles. The zero-order chi connectivity index (χ0) is 16.1. The summed E-state index contributed by atoms with van der Waals surface area (Å²) in [7, 11) is 1.83. The van der Waals surface area contributed by atoms with Crippen molar-refractivity contribution in [3.05, 3.63) is 17.5 Å². The topological polar surface area (TPSA) is 54.2 Å².